The number of anilines is 1. The molecule has 1 atom stereocenters. The summed E-state index contributed by atoms with van der Waals surface area (Å²) in [5.74, 6) is 2.80. The van der Waals surface area contributed by atoms with Crippen LogP contribution in [0.3, 0.4) is 0 Å². The van der Waals surface area contributed by atoms with Crippen LogP contribution in [0.1, 0.15) is 11.9 Å². The molecule has 1 fully saturated rings. The van der Waals surface area contributed by atoms with Gasteiger partial charge in [0, 0.05) is 24.4 Å². The third kappa shape index (κ3) is 3.68. The zero-order valence-electron chi connectivity index (χ0n) is 15.0. The topological polar surface area (TPSA) is 95.6 Å². The van der Waals surface area contributed by atoms with Gasteiger partial charge < -0.3 is 23.6 Å². The molecule has 4 rings (SSSR count). The first-order valence-electron chi connectivity index (χ1n) is 8.48. The van der Waals surface area contributed by atoms with Gasteiger partial charge in [-0.05, 0) is 24.3 Å². The first-order chi connectivity index (χ1) is 13.3. The summed E-state index contributed by atoms with van der Waals surface area (Å²) < 4.78 is 21.6. The molecule has 0 bridgehead atoms. The Morgan fingerprint density at radius 3 is 2.70 bits per heavy atom. The second-order valence-corrected chi connectivity index (χ2v) is 5.89. The highest BCUT2D eigenvalue weighted by Crippen LogP contribution is 2.26. The van der Waals surface area contributed by atoms with Crippen LogP contribution in [0.2, 0.25) is 0 Å². The largest absolute Gasteiger partial charge is 0.497 e. The first kappa shape index (κ1) is 17.2. The molecule has 3 heterocycles. The van der Waals surface area contributed by atoms with Crippen LogP contribution in [0, 0.1) is 0 Å². The van der Waals surface area contributed by atoms with Gasteiger partial charge in [0.25, 0.3) is 5.89 Å². The molecule has 2 aromatic heterocycles. The van der Waals surface area contributed by atoms with Gasteiger partial charge in [-0.15, -0.1) is 0 Å². The number of ether oxygens (including phenoxy) is 3. The summed E-state index contributed by atoms with van der Waals surface area (Å²) in [4.78, 5) is 15.2. The average Bonchev–Trinajstić information content (AvgIpc) is 3.24. The smallest absolute Gasteiger partial charge is 0.258 e. The lowest BCUT2D eigenvalue weighted by atomic mass is 10.2. The fraction of sp³-hybridized carbons (Fsp3) is 0.333. The maximum absolute atomic E-state index is 5.82. The predicted octanol–water partition coefficient (Wildman–Crippen LogP) is 2.12. The second kappa shape index (κ2) is 7.58. The third-order valence-corrected chi connectivity index (χ3v) is 4.24. The van der Waals surface area contributed by atoms with E-state index < -0.39 is 0 Å². The van der Waals surface area contributed by atoms with Crippen molar-refractivity contribution in [2.75, 3.05) is 38.8 Å². The molecule has 9 heteroatoms. The third-order valence-electron chi connectivity index (χ3n) is 4.24. The van der Waals surface area contributed by atoms with E-state index in [-0.39, 0.29) is 6.10 Å². The maximum atomic E-state index is 5.82. The Labute approximate surface area is 155 Å². The van der Waals surface area contributed by atoms with Gasteiger partial charge in [0.2, 0.25) is 17.7 Å². The molecule has 1 aromatic carbocycles. The summed E-state index contributed by atoms with van der Waals surface area (Å²) in [5.41, 5.74) is 0.818. The van der Waals surface area contributed by atoms with Gasteiger partial charge >= 0.3 is 0 Å². The number of rotatable bonds is 5. The van der Waals surface area contributed by atoms with Crippen molar-refractivity contribution in [3.8, 4) is 23.1 Å². The van der Waals surface area contributed by atoms with Crippen LogP contribution in [0.25, 0.3) is 11.5 Å². The number of hydrogen-bond acceptors (Lipinski definition) is 9. The van der Waals surface area contributed by atoms with Crippen LogP contribution < -0.4 is 14.4 Å². The highest BCUT2D eigenvalue weighted by Gasteiger charge is 2.28. The number of benzene rings is 1. The van der Waals surface area contributed by atoms with E-state index >= 15 is 0 Å². The van der Waals surface area contributed by atoms with Crippen LogP contribution in [0.4, 0.5) is 5.95 Å². The van der Waals surface area contributed by atoms with Crippen molar-refractivity contribution in [3.63, 3.8) is 0 Å². The molecule has 0 amide bonds. The minimum Gasteiger partial charge on any atom is -0.497 e. The quantitative estimate of drug-likeness (QED) is 0.670. The van der Waals surface area contributed by atoms with Crippen molar-refractivity contribution in [3.05, 3.63) is 42.4 Å². The molecule has 0 spiro atoms. The molecule has 1 aliphatic rings. The Kier molecular flexibility index (Phi) is 4.84. The summed E-state index contributed by atoms with van der Waals surface area (Å²) in [7, 11) is 3.20. The average molecular weight is 369 g/mol. The Bertz CT molecular complexity index is 899. The lowest BCUT2D eigenvalue weighted by molar-refractivity contribution is 0.0320. The van der Waals surface area contributed by atoms with Crippen molar-refractivity contribution in [1.29, 1.82) is 0 Å². The van der Waals surface area contributed by atoms with Gasteiger partial charge in [-0.3, -0.25) is 0 Å². The highest BCUT2D eigenvalue weighted by molar-refractivity contribution is 5.54. The summed E-state index contributed by atoms with van der Waals surface area (Å²) in [6, 6.07) is 9.14. The number of aromatic nitrogens is 4. The molecule has 140 valence electrons. The van der Waals surface area contributed by atoms with E-state index in [0.717, 1.165) is 11.3 Å². The van der Waals surface area contributed by atoms with Crippen molar-refractivity contribution in [1.82, 2.24) is 20.1 Å². The highest BCUT2D eigenvalue weighted by atomic mass is 16.5. The minimum absolute atomic E-state index is 0.329. The summed E-state index contributed by atoms with van der Waals surface area (Å²) in [5, 5.41) is 4.09. The molecule has 3 aromatic rings. The van der Waals surface area contributed by atoms with E-state index in [0.29, 0.717) is 43.2 Å². The molecule has 0 saturated carbocycles. The number of hydrogen-bond donors (Lipinski definition) is 0. The number of morpholine rings is 1. The molecule has 27 heavy (non-hydrogen) atoms. The van der Waals surface area contributed by atoms with Gasteiger partial charge in [0.1, 0.15) is 11.9 Å². The number of nitrogens with zero attached hydrogens (tertiary/aromatic N) is 5. The standard InChI is InChI=1S/C18H19N5O4/c1-24-13-5-3-12(4-6-13)17-21-16(22-27-17)14-11-23(9-10-26-14)18-19-8-7-15(20-18)25-2/h3-8,14H,9-11H2,1-2H3/t14-/m0/s1. The van der Waals surface area contributed by atoms with E-state index in [9.17, 15) is 0 Å². The molecule has 0 unspecified atom stereocenters. The molecular weight excluding hydrogens is 350 g/mol. The van der Waals surface area contributed by atoms with E-state index in [2.05, 4.69) is 20.1 Å². The second-order valence-electron chi connectivity index (χ2n) is 5.89. The first-order valence-corrected chi connectivity index (χ1v) is 8.48. The van der Waals surface area contributed by atoms with Crippen molar-refractivity contribution < 1.29 is 18.7 Å². The molecular formula is C18H19N5O4. The van der Waals surface area contributed by atoms with Crippen molar-refractivity contribution >= 4 is 5.95 Å². The molecule has 0 radical (unpaired) electrons. The molecule has 0 aliphatic carbocycles. The van der Waals surface area contributed by atoms with Gasteiger partial charge in [-0.2, -0.15) is 9.97 Å². The van der Waals surface area contributed by atoms with Crippen LogP contribution in [-0.4, -0.2) is 54.0 Å². The van der Waals surface area contributed by atoms with E-state index in [4.69, 9.17) is 18.7 Å². The monoisotopic (exact) mass is 369 g/mol. The lowest BCUT2D eigenvalue weighted by Gasteiger charge is -2.31. The Hall–Kier alpha value is -3.20. The van der Waals surface area contributed by atoms with Crippen LogP contribution >= 0.6 is 0 Å². The van der Waals surface area contributed by atoms with Crippen molar-refractivity contribution in [2.45, 2.75) is 6.10 Å². The fourth-order valence-electron chi connectivity index (χ4n) is 2.80. The van der Waals surface area contributed by atoms with E-state index in [1.165, 1.54) is 0 Å². The Balaban J connectivity index is 1.50. The van der Waals surface area contributed by atoms with Gasteiger partial charge in [0.05, 0.1) is 27.4 Å². The maximum Gasteiger partial charge on any atom is 0.258 e. The zero-order chi connectivity index (χ0) is 18.6. The molecule has 9 nitrogen and oxygen atoms in total. The Morgan fingerprint density at radius 2 is 1.93 bits per heavy atom. The van der Waals surface area contributed by atoms with Gasteiger partial charge in [-0.25, -0.2) is 4.98 Å². The Morgan fingerprint density at radius 1 is 1.07 bits per heavy atom. The summed E-state index contributed by atoms with van der Waals surface area (Å²) in [6.07, 6.45) is 1.34. The fourth-order valence-corrected chi connectivity index (χ4v) is 2.80. The zero-order valence-corrected chi connectivity index (χ0v) is 15.0. The molecule has 1 saturated heterocycles. The van der Waals surface area contributed by atoms with E-state index in [1.54, 1.807) is 26.5 Å². The minimum atomic E-state index is -0.329. The predicted molar refractivity (Wildman–Crippen MR) is 95.8 cm³/mol. The summed E-state index contributed by atoms with van der Waals surface area (Å²) >= 11 is 0. The van der Waals surface area contributed by atoms with Crippen LogP contribution in [0.5, 0.6) is 11.6 Å². The van der Waals surface area contributed by atoms with Crippen LogP contribution in [0.15, 0.2) is 41.1 Å². The lowest BCUT2D eigenvalue weighted by Crippen LogP contribution is -2.39. The van der Waals surface area contributed by atoms with Crippen molar-refractivity contribution in [2.24, 2.45) is 0 Å². The normalized spacial score (nSPS) is 17.0. The van der Waals surface area contributed by atoms with E-state index in [1.807, 2.05) is 29.2 Å². The van der Waals surface area contributed by atoms with Gasteiger partial charge in [0.15, 0.2) is 0 Å². The molecule has 0 N–H and O–H groups in total. The van der Waals surface area contributed by atoms with Gasteiger partial charge in [-0.1, -0.05) is 5.16 Å². The van der Waals surface area contributed by atoms with Crippen LogP contribution in [-0.2, 0) is 4.74 Å². The molecule has 1 aliphatic heterocycles. The SMILES string of the molecule is COc1ccc(-c2nc([C@@H]3CN(c4nccc(OC)n4)CCO3)no2)cc1. The number of methoxy groups -OCH3 is 2. The summed E-state index contributed by atoms with van der Waals surface area (Å²) in [6.45, 7) is 1.71.